The smallest absolute Gasteiger partial charge is 0.335 e. The molecule has 13 heteroatoms. The van der Waals surface area contributed by atoms with E-state index >= 15 is 4.39 Å². The van der Waals surface area contributed by atoms with Gasteiger partial charge in [-0.15, -0.1) is 0 Å². The Morgan fingerprint density at radius 3 is 2.50 bits per heavy atom. The fraction of sp³-hybridized carbons (Fsp3) is 0.391. The molecule has 5 atom stereocenters. The van der Waals surface area contributed by atoms with E-state index in [4.69, 9.17) is 19.9 Å². The minimum absolute atomic E-state index is 0.403. The van der Waals surface area contributed by atoms with Crippen LogP contribution < -0.4 is 17.0 Å². The fourth-order valence-corrected chi connectivity index (χ4v) is 3.40. The van der Waals surface area contributed by atoms with Crippen molar-refractivity contribution >= 4 is 11.9 Å². The maximum Gasteiger partial charge on any atom is 0.335 e. The number of hydrogen-bond acceptors (Lipinski definition) is 10. The molecular weight excluding hydrogens is 481 g/mol. The van der Waals surface area contributed by atoms with Crippen molar-refractivity contribution in [2.75, 3.05) is 6.61 Å². The van der Waals surface area contributed by atoms with Crippen LogP contribution in [0.3, 0.4) is 0 Å². The van der Waals surface area contributed by atoms with Crippen LogP contribution in [-0.4, -0.2) is 56.0 Å². The maximum atomic E-state index is 15.4. The predicted molar refractivity (Wildman–Crippen MR) is 121 cm³/mol. The SMILES string of the molecule is CC(C)=CC(=O)OCn1c(=O)ccn([C@@H]2O[C@](F)(COC(=O)[C@@H](N)c3ccccc3)[C@@H](O)[C@H]2O)c1=O. The second-order valence-electron chi connectivity index (χ2n) is 8.31. The molecule has 1 aromatic heterocycles. The Kier molecular flexibility index (Phi) is 8.20. The number of allylic oxidation sites excluding steroid dienone is 1. The summed E-state index contributed by atoms with van der Waals surface area (Å²) in [6.07, 6.45) is -3.96. The second kappa shape index (κ2) is 11.0. The summed E-state index contributed by atoms with van der Waals surface area (Å²) in [5.41, 5.74) is 4.88. The van der Waals surface area contributed by atoms with Gasteiger partial charge in [-0.25, -0.2) is 23.3 Å². The van der Waals surface area contributed by atoms with Gasteiger partial charge in [0.2, 0.25) is 0 Å². The van der Waals surface area contributed by atoms with Crippen LogP contribution in [0.2, 0.25) is 0 Å². The molecule has 1 aromatic carbocycles. The molecule has 1 saturated heterocycles. The Hall–Kier alpha value is -3.65. The van der Waals surface area contributed by atoms with Gasteiger partial charge in [0.1, 0.15) is 18.2 Å². The number of aliphatic hydroxyl groups excluding tert-OH is 2. The van der Waals surface area contributed by atoms with Crippen molar-refractivity contribution < 1.29 is 38.4 Å². The minimum atomic E-state index is -3.10. The molecule has 1 fully saturated rings. The molecule has 0 spiro atoms. The highest BCUT2D eigenvalue weighted by Crippen LogP contribution is 2.38. The molecule has 0 unspecified atom stereocenters. The highest BCUT2D eigenvalue weighted by molar-refractivity contribution is 5.82. The summed E-state index contributed by atoms with van der Waals surface area (Å²) in [6.45, 7) is 1.38. The minimum Gasteiger partial charge on any atom is -0.458 e. The quantitative estimate of drug-likeness (QED) is 0.316. The fourth-order valence-electron chi connectivity index (χ4n) is 3.40. The maximum absolute atomic E-state index is 15.4. The summed E-state index contributed by atoms with van der Waals surface area (Å²) in [4.78, 5) is 48.9. The summed E-state index contributed by atoms with van der Waals surface area (Å²) in [7, 11) is 0. The number of carbonyl (C=O) groups is 2. The third kappa shape index (κ3) is 5.76. The molecule has 3 rings (SSSR count). The number of aliphatic hydroxyl groups is 2. The van der Waals surface area contributed by atoms with Gasteiger partial charge < -0.3 is 30.2 Å². The van der Waals surface area contributed by atoms with Gasteiger partial charge in [0.15, 0.2) is 19.6 Å². The van der Waals surface area contributed by atoms with Crippen LogP contribution in [0.1, 0.15) is 31.7 Å². The van der Waals surface area contributed by atoms with E-state index in [0.29, 0.717) is 20.3 Å². The van der Waals surface area contributed by atoms with Crippen molar-refractivity contribution in [3.63, 3.8) is 0 Å². The monoisotopic (exact) mass is 507 g/mol. The van der Waals surface area contributed by atoms with Crippen LogP contribution in [0.5, 0.6) is 0 Å². The van der Waals surface area contributed by atoms with E-state index in [1.54, 1.807) is 44.2 Å². The van der Waals surface area contributed by atoms with Crippen molar-refractivity contribution in [2.24, 2.45) is 5.73 Å². The number of aromatic nitrogens is 2. The number of nitrogens with zero attached hydrogens (tertiary/aromatic N) is 2. The van der Waals surface area contributed by atoms with Crippen molar-refractivity contribution in [1.29, 1.82) is 0 Å². The lowest BCUT2D eigenvalue weighted by Crippen LogP contribution is -2.44. The molecule has 36 heavy (non-hydrogen) atoms. The van der Waals surface area contributed by atoms with Crippen LogP contribution in [0.25, 0.3) is 0 Å². The number of nitrogens with two attached hydrogens (primary N) is 1. The van der Waals surface area contributed by atoms with Crippen molar-refractivity contribution in [1.82, 2.24) is 9.13 Å². The first-order chi connectivity index (χ1) is 16.9. The number of rotatable bonds is 8. The Morgan fingerprint density at radius 2 is 1.86 bits per heavy atom. The van der Waals surface area contributed by atoms with Gasteiger partial charge in [0, 0.05) is 18.3 Å². The first-order valence-electron chi connectivity index (χ1n) is 10.8. The lowest BCUT2D eigenvalue weighted by molar-refractivity contribution is -0.217. The lowest BCUT2D eigenvalue weighted by Gasteiger charge is -2.23. The molecule has 1 aliphatic heterocycles. The number of hydrogen-bond donors (Lipinski definition) is 3. The van der Waals surface area contributed by atoms with Crippen LogP contribution >= 0.6 is 0 Å². The lowest BCUT2D eigenvalue weighted by atomic mass is 10.1. The zero-order chi connectivity index (χ0) is 26.6. The van der Waals surface area contributed by atoms with Crippen molar-refractivity contribution in [3.8, 4) is 0 Å². The summed E-state index contributed by atoms with van der Waals surface area (Å²) >= 11 is 0. The standard InChI is InChI=1S/C23H26FN3O9/c1-13(2)10-16(29)35-12-27-15(28)8-9-26(22(27)33)20-18(30)19(31)23(24,36-20)11-34-21(32)17(25)14-6-4-3-5-7-14/h3-10,17-20,30-31H,11-12,25H2,1-2H3/t17-,18+,19-,20+,23+/m0/s1. The number of ether oxygens (including phenoxy) is 3. The van der Waals surface area contributed by atoms with E-state index in [1.807, 2.05) is 0 Å². The van der Waals surface area contributed by atoms with Crippen LogP contribution in [0.4, 0.5) is 4.39 Å². The molecule has 0 aliphatic carbocycles. The molecule has 0 radical (unpaired) electrons. The molecule has 2 aromatic rings. The largest absolute Gasteiger partial charge is 0.458 e. The first kappa shape index (κ1) is 26.9. The van der Waals surface area contributed by atoms with E-state index in [9.17, 15) is 29.4 Å². The topological polar surface area (TPSA) is 172 Å². The van der Waals surface area contributed by atoms with Gasteiger partial charge in [0.05, 0.1) is 0 Å². The zero-order valence-corrected chi connectivity index (χ0v) is 19.4. The molecule has 2 heterocycles. The first-order valence-corrected chi connectivity index (χ1v) is 10.8. The van der Waals surface area contributed by atoms with Gasteiger partial charge in [0.25, 0.3) is 11.4 Å². The van der Waals surface area contributed by atoms with Crippen molar-refractivity contribution in [3.05, 3.63) is 80.6 Å². The van der Waals surface area contributed by atoms with E-state index in [0.717, 1.165) is 18.3 Å². The summed E-state index contributed by atoms with van der Waals surface area (Å²) in [6, 6.07) is 7.78. The predicted octanol–water partition coefficient (Wildman–Crippen LogP) is -0.363. The van der Waals surface area contributed by atoms with Crippen molar-refractivity contribution in [2.45, 2.75) is 50.9 Å². The second-order valence-corrected chi connectivity index (χ2v) is 8.31. The third-order valence-electron chi connectivity index (χ3n) is 5.31. The van der Waals surface area contributed by atoms with Gasteiger partial charge >= 0.3 is 17.6 Å². The Labute approximate surface area is 203 Å². The highest BCUT2D eigenvalue weighted by atomic mass is 19.2. The third-order valence-corrected chi connectivity index (χ3v) is 5.31. The Balaban J connectivity index is 1.76. The highest BCUT2D eigenvalue weighted by Gasteiger charge is 2.57. The zero-order valence-electron chi connectivity index (χ0n) is 19.4. The average molecular weight is 507 g/mol. The molecule has 12 nitrogen and oxygen atoms in total. The van der Waals surface area contributed by atoms with E-state index in [1.165, 1.54) is 0 Å². The molecule has 194 valence electrons. The normalized spacial score (nSPS) is 24.1. The summed E-state index contributed by atoms with van der Waals surface area (Å²) < 4.78 is 31.4. The van der Waals surface area contributed by atoms with Gasteiger partial charge in [-0.1, -0.05) is 35.9 Å². The number of alkyl halides is 1. The van der Waals surface area contributed by atoms with Gasteiger partial charge in [-0.2, -0.15) is 0 Å². The van der Waals surface area contributed by atoms with Crippen LogP contribution in [-0.2, 0) is 30.5 Å². The Morgan fingerprint density at radius 1 is 1.19 bits per heavy atom. The number of halogens is 1. The summed E-state index contributed by atoms with van der Waals surface area (Å²) in [5.74, 6) is -4.93. The number of benzene rings is 1. The Bertz CT molecular complexity index is 1260. The molecular formula is C23H26FN3O9. The van der Waals surface area contributed by atoms with Crippen LogP contribution in [0, 0.1) is 0 Å². The van der Waals surface area contributed by atoms with Gasteiger partial charge in [-0.3, -0.25) is 9.36 Å². The molecule has 0 amide bonds. The van der Waals surface area contributed by atoms with E-state index in [-0.39, 0.29) is 0 Å². The molecule has 4 N–H and O–H groups in total. The van der Waals surface area contributed by atoms with Gasteiger partial charge in [-0.05, 0) is 19.4 Å². The number of carbonyl (C=O) groups excluding carboxylic acids is 2. The molecule has 1 aliphatic rings. The average Bonchev–Trinajstić information content (AvgIpc) is 3.06. The number of esters is 2. The van der Waals surface area contributed by atoms with E-state index in [2.05, 4.69) is 0 Å². The van der Waals surface area contributed by atoms with Crippen LogP contribution in [0.15, 0.2) is 63.8 Å². The molecule has 0 saturated carbocycles. The summed E-state index contributed by atoms with van der Waals surface area (Å²) in [5, 5.41) is 20.6. The molecule has 0 bridgehead atoms. The van der Waals surface area contributed by atoms with E-state index < -0.39 is 66.9 Å².